The number of hydrogen-bond donors (Lipinski definition) is 2. The smallest absolute Gasteiger partial charge is 0.307 e. The van der Waals surface area contributed by atoms with Crippen molar-refractivity contribution >= 4 is 17.6 Å². The highest BCUT2D eigenvalue weighted by Gasteiger charge is 2.62. The highest BCUT2D eigenvalue weighted by molar-refractivity contribution is 5.96. The summed E-state index contributed by atoms with van der Waals surface area (Å²) in [6.45, 7) is 4.01. The van der Waals surface area contributed by atoms with E-state index in [0.717, 1.165) is 23.3 Å². The summed E-state index contributed by atoms with van der Waals surface area (Å²) in [7, 11) is 0. The minimum absolute atomic E-state index is 0.0126. The number of benzene rings is 2. The molecule has 0 heterocycles. The van der Waals surface area contributed by atoms with E-state index in [0.29, 0.717) is 23.3 Å². The second-order valence-corrected chi connectivity index (χ2v) is 8.83. The lowest BCUT2D eigenvalue weighted by Crippen LogP contribution is -2.48. The minimum Gasteiger partial charge on any atom is -0.481 e. The molecule has 2 fully saturated rings. The number of para-hydroxylation sites is 1. The van der Waals surface area contributed by atoms with E-state index in [9.17, 15) is 14.7 Å². The van der Waals surface area contributed by atoms with Crippen molar-refractivity contribution in [2.24, 2.45) is 35.5 Å². The maximum atomic E-state index is 13.1. The molecule has 4 aliphatic rings. The fourth-order valence-corrected chi connectivity index (χ4v) is 5.48. The van der Waals surface area contributed by atoms with E-state index in [-0.39, 0.29) is 17.7 Å². The molecule has 0 aromatic heterocycles. The van der Waals surface area contributed by atoms with Crippen LogP contribution in [0.1, 0.15) is 17.5 Å². The fourth-order valence-electron chi connectivity index (χ4n) is 5.48. The monoisotopic (exact) mass is 403 g/mol. The van der Waals surface area contributed by atoms with E-state index < -0.39 is 17.8 Å². The molecule has 0 saturated heterocycles. The Morgan fingerprint density at radius 3 is 2.13 bits per heavy atom. The van der Waals surface area contributed by atoms with Crippen molar-refractivity contribution in [3.05, 3.63) is 65.7 Å². The fraction of sp³-hybridized carbons (Fsp3) is 0.360. The normalized spacial score (nSPS) is 30.5. The summed E-state index contributed by atoms with van der Waals surface area (Å²) in [4.78, 5) is 25.0. The molecule has 1 amide bonds. The third kappa shape index (κ3) is 3.09. The van der Waals surface area contributed by atoms with E-state index in [1.807, 2.05) is 50.3 Å². The highest BCUT2D eigenvalue weighted by atomic mass is 16.5. The SMILES string of the molecule is Cc1cccc(C)c1Oc1ccc(NC(=O)[C@@H]2[C@H]3C=C[C@@H]([C@@H]4C[C@H]34)[C@H]2C(=O)O)cc1. The maximum absolute atomic E-state index is 13.1. The molecule has 30 heavy (non-hydrogen) atoms. The molecule has 0 spiro atoms. The quantitative estimate of drug-likeness (QED) is 0.703. The molecule has 154 valence electrons. The molecule has 5 nitrogen and oxygen atoms in total. The topological polar surface area (TPSA) is 75.6 Å². The zero-order valence-corrected chi connectivity index (χ0v) is 17.0. The van der Waals surface area contributed by atoms with Crippen LogP contribution >= 0.6 is 0 Å². The predicted molar refractivity (Wildman–Crippen MR) is 113 cm³/mol. The Morgan fingerprint density at radius 1 is 0.933 bits per heavy atom. The van der Waals surface area contributed by atoms with E-state index >= 15 is 0 Å². The van der Waals surface area contributed by atoms with Crippen LogP contribution in [-0.4, -0.2) is 17.0 Å². The average molecular weight is 403 g/mol. The molecular weight excluding hydrogens is 378 g/mol. The Hall–Kier alpha value is -3.08. The molecule has 5 heteroatoms. The lowest BCUT2D eigenvalue weighted by atomic mass is 9.62. The Morgan fingerprint density at radius 2 is 1.53 bits per heavy atom. The van der Waals surface area contributed by atoms with Gasteiger partial charge in [0.15, 0.2) is 0 Å². The second kappa shape index (κ2) is 7.01. The molecule has 0 aliphatic heterocycles. The van der Waals surface area contributed by atoms with Gasteiger partial charge in [0.2, 0.25) is 5.91 Å². The first kappa shape index (κ1) is 18.9. The van der Waals surface area contributed by atoms with Gasteiger partial charge < -0.3 is 15.2 Å². The number of allylic oxidation sites excluding steroid dienone is 2. The molecule has 2 aromatic carbocycles. The van der Waals surface area contributed by atoms with Crippen molar-refractivity contribution in [2.45, 2.75) is 20.3 Å². The lowest BCUT2D eigenvalue weighted by Gasteiger charge is -2.41. The number of amides is 1. The van der Waals surface area contributed by atoms with Crippen molar-refractivity contribution in [3.8, 4) is 11.5 Å². The van der Waals surface area contributed by atoms with Crippen molar-refractivity contribution in [2.75, 3.05) is 5.32 Å². The Kier molecular flexibility index (Phi) is 4.42. The summed E-state index contributed by atoms with van der Waals surface area (Å²) >= 11 is 0. The second-order valence-electron chi connectivity index (χ2n) is 8.83. The van der Waals surface area contributed by atoms with Gasteiger partial charge in [-0.1, -0.05) is 30.4 Å². The zero-order chi connectivity index (χ0) is 21.0. The Bertz CT molecular complexity index is 1020. The van der Waals surface area contributed by atoms with Gasteiger partial charge in [-0.3, -0.25) is 9.59 Å². The van der Waals surface area contributed by atoms with E-state index in [1.165, 1.54) is 0 Å². The Labute approximate surface area is 175 Å². The Balaban J connectivity index is 1.31. The third-order valence-corrected chi connectivity index (χ3v) is 6.99. The van der Waals surface area contributed by atoms with Gasteiger partial charge >= 0.3 is 5.97 Å². The van der Waals surface area contributed by atoms with Crippen molar-refractivity contribution in [1.29, 1.82) is 0 Å². The highest BCUT2D eigenvalue weighted by Crippen LogP contribution is 2.63. The number of carbonyl (C=O) groups excluding carboxylic acids is 1. The number of nitrogens with one attached hydrogen (secondary N) is 1. The van der Waals surface area contributed by atoms with Gasteiger partial charge in [0.25, 0.3) is 0 Å². The van der Waals surface area contributed by atoms with Crippen LogP contribution in [0.5, 0.6) is 11.5 Å². The first-order valence-corrected chi connectivity index (χ1v) is 10.5. The van der Waals surface area contributed by atoms with Gasteiger partial charge in [-0.2, -0.15) is 0 Å². The number of carboxylic acid groups (broad SMARTS) is 1. The molecular formula is C25H25NO4. The van der Waals surface area contributed by atoms with Crippen LogP contribution in [0.2, 0.25) is 0 Å². The van der Waals surface area contributed by atoms with Gasteiger partial charge in [-0.15, -0.1) is 0 Å². The summed E-state index contributed by atoms with van der Waals surface area (Å²) in [5.74, 6) is 0.270. The molecule has 2 bridgehead atoms. The van der Waals surface area contributed by atoms with Crippen LogP contribution in [0, 0.1) is 49.4 Å². The molecule has 4 aliphatic carbocycles. The third-order valence-electron chi connectivity index (χ3n) is 6.99. The number of carbonyl (C=O) groups is 2. The number of anilines is 1. The maximum Gasteiger partial charge on any atom is 0.307 e. The van der Waals surface area contributed by atoms with Gasteiger partial charge in [0, 0.05) is 5.69 Å². The standard InChI is InChI=1S/C25H25NO4/c1-13-4-3-5-14(2)23(13)30-16-8-6-15(7-9-16)26-24(27)21-17-10-11-18(20-12-19(17)20)22(21)25(28)29/h3-11,17-22H,12H2,1-2H3,(H,26,27)(H,28,29)/t17-,18-,19+,20-,21+,22+/m0/s1. The summed E-state index contributed by atoms with van der Waals surface area (Å²) in [5, 5.41) is 12.7. The zero-order valence-electron chi connectivity index (χ0n) is 17.0. The molecule has 6 atom stereocenters. The summed E-state index contributed by atoms with van der Waals surface area (Å²) in [6, 6.07) is 13.2. The number of fused-ring (bicyclic) bond motifs is 1. The molecule has 2 saturated carbocycles. The van der Waals surface area contributed by atoms with Crippen LogP contribution in [-0.2, 0) is 9.59 Å². The minimum atomic E-state index is -0.864. The number of carboxylic acids is 1. The molecule has 0 radical (unpaired) electrons. The van der Waals surface area contributed by atoms with Crippen molar-refractivity contribution in [1.82, 2.24) is 0 Å². The van der Waals surface area contributed by atoms with Crippen molar-refractivity contribution in [3.63, 3.8) is 0 Å². The van der Waals surface area contributed by atoms with E-state index in [1.54, 1.807) is 12.1 Å². The summed E-state index contributed by atoms with van der Waals surface area (Å²) in [6.07, 6.45) is 5.14. The van der Waals surface area contributed by atoms with Crippen LogP contribution in [0.15, 0.2) is 54.6 Å². The number of aliphatic carboxylic acids is 1. The van der Waals surface area contributed by atoms with Gasteiger partial charge in [0.1, 0.15) is 11.5 Å². The van der Waals surface area contributed by atoms with Gasteiger partial charge in [0.05, 0.1) is 11.8 Å². The average Bonchev–Trinajstić information content (AvgIpc) is 3.54. The molecule has 6 rings (SSSR count). The number of ether oxygens (including phenoxy) is 1. The van der Waals surface area contributed by atoms with Crippen molar-refractivity contribution < 1.29 is 19.4 Å². The van der Waals surface area contributed by atoms with Crippen LogP contribution < -0.4 is 10.1 Å². The van der Waals surface area contributed by atoms with Gasteiger partial charge in [-0.25, -0.2) is 0 Å². The largest absolute Gasteiger partial charge is 0.481 e. The van der Waals surface area contributed by atoms with Crippen LogP contribution in [0.4, 0.5) is 5.69 Å². The summed E-state index contributed by atoms with van der Waals surface area (Å²) in [5.41, 5.74) is 2.77. The van der Waals surface area contributed by atoms with Gasteiger partial charge in [-0.05, 0) is 79.3 Å². The first-order valence-electron chi connectivity index (χ1n) is 10.5. The van der Waals surface area contributed by atoms with Crippen LogP contribution in [0.25, 0.3) is 0 Å². The molecule has 2 aromatic rings. The van der Waals surface area contributed by atoms with Crippen LogP contribution in [0.3, 0.4) is 0 Å². The molecule has 0 unspecified atom stereocenters. The first-order chi connectivity index (χ1) is 14.4. The summed E-state index contributed by atoms with van der Waals surface area (Å²) < 4.78 is 6.03. The van der Waals surface area contributed by atoms with E-state index in [4.69, 9.17) is 4.74 Å². The number of rotatable bonds is 5. The lowest BCUT2D eigenvalue weighted by molar-refractivity contribution is -0.152. The van der Waals surface area contributed by atoms with E-state index in [2.05, 4.69) is 11.4 Å². The number of hydrogen-bond acceptors (Lipinski definition) is 3. The molecule has 2 N–H and O–H groups in total. The number of aryl methyl sites for hydroxylation is 2. The predicted octanol–water partition coefficient (Wildman–Crippen LogP) is 4.80.